The van der Waals surface area contributed by atoms with Gasteiger partial charge in [-0.25, -0.2) is 4.39 Å². The van der Waals surface area contributed by atoms with Gasteiger partial charge < -0.3 is 5.32 Å². The molecular formula is C10H10Cl2FN. The van der Waals surface area contributed by atoms with Crippen LogP contribution >= 0.6 is 23.2 Å². The highest BCUT2D eigenvalue weighted by molar-refractivity contribution is 6.31. The zero-order chi connectivity index (χ0) is 10.6. The van der Waals surface area contributed by atoms with E-state index in [1.54, 1.807) is 12.1 Å². The van der Waals surface area contributed by atoms with E-state index in [0.29, 0.717) is 12.2 Å². The first kappa shape index (κ1) is 11.3. The van der Waals surface area contributed by atoms with Crippen LogP contribution in [0.3, 0.4) is 0 Å². The predicted octanol–water partition coefficient (Wildman–Crippen LogP) is 4.03. The molecule has 0 amide bonds. The lowest BCUT2D eigenvalue weighted by molar-refractivity contribution is 0.631. The minimum atomic E-state index is -0.434. The summed E-state index contributed by atoms with van der Waals surface area (Å²) in [7, 11) is 0. The molecule has 0 saturated carbocycles. The Hall–Kier alpha value is -0.730. The van der Waals surface area contributed by atoms with Crippen LogP contribution in [0.2, 0.25) is 5.02 Å². The van der Waals surface area contributed by atoms with Crippen LogP contribution in [0, 0.1) is 5.82 Å². The summed E-state index contributed by atoms with van der Waals surface area (Å²) in [6.45, 7) is 2.35. The fourth-order valence-corrected chi connectivity index (χ4v) is 1.17. The molecule has 76 valence electrons. The average molecular weight is 234 g/mol. The first-order valence-electron chi connectivity index (χ1n) is 4.09. The molecule has 0 heterocycles. The maximum atomic E-state index is 13.3. The molecule has 0 fully saturated rings. The third-order valence-electron chi connectivity index (χ3n) is 1.70. The monoisotopic (exact) mass is 233 g/mol. The SMILES string of the molecule is C/C(=C/Cl)CNc1cccc(Cl)c1F. The van der Waals surface area contributed by atoms with Crippen LogP contribution < -0.4 is 5.32 Å². The second-order valence-corrected chi connectivity index (χ2v) is 3.54. The molecule has 0 bridgehead atoms. The van der Waals surface area contributed by atoms with Crippen LogP contribution in [0.5, 0.6) is 0 Å². The summed E-state index contributed by atoms with van der Waals surface area (Å²) in [6.07, 6.45) is 0. The van der Waals surface area contributed by atoms with Gasteiger partial charge in [0, 0.05) is 12.1 Å². The van der Waals surface area contributed by atoms with Gasteiger partial charge in [0.2, 0.25) is 0 Å². The molecule has 1 aromatic rings. The average Bonchev–Trinajstić information content (AvgIpc) is 2.20. The van der Waals surface area contributed by atoms with Crippen LogP contribution in [0.4, 0.5) is 10.1 Å². The lowest BCUT2D eigenvalue weighted by Gasteiger charge is -2.07. The maximum Gasteiger partial charge on any atom is 0.164 e. The normalized spacial score (nSPS) is 11.6. The third-order valence-corrected chi connectivity index (χ3v) is 2.36. The van der Waals surface area contributed by atoms with Crippen molar-refractivity contribution < 1.29 is 4.39 Å². The highest BCUT2D eigenvalue weighted by atomic mass is 35.5. The van der Waals surface area contributed by atoms with Crippen molar-refractivity contribution >= 4 is 28.9 Å². The Morgan fingerprint density at radius 2 is 2.29 bits per heavy atom. The van der Waals surface area contributed by atoms with E-state index in [-0.39, 0.29) is 5.02 Å². The zero-order valence-corrected chi connectivity index (χ0v) is 9.16. The number of benzene rings is 1. The molecule has 0 radical (unpaired) electrons. The first-order valence-corrected chi connectivity index (χ1v) is 4.90. The molecule has 0 aliphatic carbocycles. The topological polar surface area (TPSA) is 12.0 Å². The highest BCUT2D eigenvalue weighted by Crippen LogP contribution is 2.21. The molecule has 0 unspecified atom stereocenters. The van der Waals surface area contributed by atoms with Gasteiger partial charge in [0.05, 0.1) is 10.7 Å². The lowest BCUT2D eigenvalue weighted by Crippen LogP contribution is -2.04. The summed E-state index contributed by atoms with van der Waals surface area (Å²) < 4.78 is 13.3. The van der Waals surface area contributed by atoms with E-state index in [1.165, 1.54) is 11.6 Å². The van der Waals surface area contributed by atoms with Crippen molar-refractivity contribution in [2.75, 3.05) is 11.9 Å². The number of halogens is 3. The number of rotatable bonds is 3. The predicted molar refractivity (Wildman–Crippen MR) is 59.5 cm³/mol. The summed E-state index contributed by atoms with van der Waals surface area (Å²) in [5, 5.41) is 3.01. The molecule has 4 heteroatoms. The minimum Gasteiger partial charge on any atom is -0.379 e. The van der Waals surface area contributed by atoms with Crippen molar-refractivity contribution in [1.29, 1.82) is 0 Å². The summed E-state index contributed by atoms with van der Waals surface area (Å²) in [5.74, 6) is -0.434. The largest absolute Gasteiger partial charge is 0.379 e. The van der Waals surface area contributed by atoms with Gasteiger partial charge in [-0.15, -0.1) is 0 Å². The van der Waals surface area contributed by atoms with Gasteiger partial charge in [-0.2, -0.15) is 0 Å². The number of hydrogen-bond acceptors (Lipinski definition) is 1. The van der Waals surface area contributed by atoms with Gasteiger partial charge in [-0.05, 0) is 24.6 Å². The van der Waals surface area contributed by atoms with Crippen LogP contribution in [-0.2, 0) is 0 Å². The smallest absolute Gasteiger partial charge is 0.164 e. The fourth-order valence-electron chi connectivity index (χ4n) is 0.914. The first-order chi connectivity index (χ1) is 6.65. The Morgan fingerprint density at radius 1 is 1.57 bits per heavy atom. The lowest BCUT2D eigenvalue weighted by atomic mass is 10.3. The maximum absolute atomic E-state index is 13.3. The van der Waals surface area contributed by atoms with E-state index in [4.69, 9.17) is 23.2 Å². The molecular weight excluding hydrogens is 224 g/mol. The summed E-state index contributed by atoms with van der Waals surface area (Å²) in [4.78, 5) is 0. The van der Waals surface area contributed by atoms with Crippen molar-refractivity contribution in [3.05, 3.63) is 40.1 Å². The Balaban J connectivity index is 2.73. The molecule has 0 aliphatic heterocycles. The molecule has 0 atom stereocenters. The van der Waals surface area contributed by atoms with E-state index in [9.17, 15) is 4.39 Å². The summed E-state index contributed by atoms with van der Waals surface area (Å²) in [5.41, 5.74) is 2.76. The van der Waals surface area contributed by atoms with Crippen molar-refractivity contribution in [1.82, 2.24) is 0 Å². The second kappa shape index (κ2) is 5.23. The number of anilines is 1. The number of hydrogen-bond donors (Lipinski definition) is 1. The second-order valence-electron chi connectivity index (χ2n) is 2.91. The van der Waals surface area contributed by atoms with E-state index >= 15 is 0 Å². The van der Waals surface area contributed by atoms with Gasteiger partial charge in [-0.3, -0.25) is 0 Å². The van der Waals surface area contributed by atoms with Gasteiger partial charge in [0.15, 0.2) is 5.82 Å². The molecule has 1 nitrogen and oxygen atoms in total. The number of nitrogens with one attached hydrogen (secondary N) is 1. The Kier molecular flexibility index (Phi) is 4.23. The van der Waals surface area contributed by atoms with Gasteiger partial charge in [0.25, 0.3) is 0 Å². The van der Waals surface area contributed by atoms with Crippen LogP contribution in [0.25, 0.3) is 0 Å². The Morgan fingerprint density at radius 3 is 2.93 bits per heavy atom. The molecule has 14 heavy (non-hydrogen) atoms. The molecule has 0 saturated heterocycles. The molecule has 1 N–H and O–H groups in total. The van der Waals surface area contributed by atoms with E-state index < -0.39 is 5.82 Å². The van der Waals surface area contributed by atoms with Gasteiger partial charge in [0.1, 0.15) is 0 Å². The molecule has 1 aromatic carbocycles. The van der Waals surface area contributed by atoms with Gasteiger partial charge >= 0.3 is 0 Å². The minimum absolute atomic E-state index is 0.113. The summed E-state index contributed by atoms with van der Waals surface area (Å²) in [6, 6.07) is 4.82. The quantitative estimate of drug-likeness (QED) is 0.832. The van der Waals surface area contributed by atoms with Crippen molar-refractivity contribution in [2.45, 2.75) is 6.92 Å². The molecule has 1 rings (SSSR count). The van der Waals surface area contributed by atoms with E-state index in [2.05, 4.69) is 5.32 Å². The van der Waals surface area contributed by atoms with Crippen LogP contribution in [-0.4, -0.2) is 6.54 Å². The summed E-state index contributed by atoms with van der Waals surface area (Å²) >= 11 is 11.1. The van der Waals surface area contributed by atoms with Crippen LogP contribution in [0.15, 0.2) is 29.3 Å². The molecule has 0 spiro atoms. The van der Waals surface area contributed by atoms with Crippen molar-refractivity contribution in [3.63, 3.8) is 0 Å². The zero-order valence-electron chi connectivity index (χ0n) is 7.65. The molecule has 0 aliphatic rings. The Bertz CT molecular complexity index is 350. The van der Waals surface area contributed by atoms with Gasteiger partial charge in [-0.1, -0.05) is 29.3 Å². The third kappa shape index (κ3) is 2.89. The van der Waals surface area contributed by atoms with Crippen LogP contribution in [0.1, 0.15) is 6.92 Å². The standard InChI is InChI=1S/C10H10Cl2FN/c1-7(5-11)6-14-9-4-2-3-8(12)10(9)13/h2-5,14H,6H2,1H3/b7-5-. The van der Waals surface area contributed by atoms with E-state index in [0.717, 1.165) is 5.57 Å². The van der Waals surface area contributed by atoms with E-state index in [1.807, 2.05) is 6.92 Å². The van der Waals surface area contributed by atoms with Crippen molar-refractivity contribution in [3.8, 4) is 0 Å². The fraction of sp³-hybridized carbons (Fsp3) is 0.200. The highest BCUT2D eigenvalue weighted by Gasteiger charge is 2.04. The van der Waals surface area contributed by atoms with Crippen molar-refractivity contribution in [2.24, 2.45) is 0 Å². The Labute approximate surface area is 92.5 Å². The molecule has 0 aromatic heterocycles.